The molecule has 0 aliphatic heterocycles. The van der Waals surface area contributed by atoms with Gasteiger partial charge in [-0.1, -0.05) is 30.3 Å². The summed E-state index contributed by atoms with van der Waals surface area (Å²) in [4.78, 5) is 0. The summed E-state index contributed by atoms with van der Waals surface area (Å²) in [6, 6.07) is 15.7. The summed E-state index contributed by atoms with van der Waals surface area (Å²) in [7, 11) is 1.69. The van der Waals surface area contributed by atoms with Crippen molar-refractivity contribution in [2.75, 3.05) is 18.2 Å². The number of ether oxygens (including phenoxy) is 1. The van der Waals surface area contributed by atoms with Gasteiger partial charge in [-0.3, -0.25) is 0 Å². The number of benzene rings is 2. The minimum atomic E-state index is 0.579. The molecule has 0 heterocycles. The van der Waals surface area contributed by atoms with E-state index in [1.807, 2.05) is 48.5 Å². The molecule has 3 heteroatoms. The quantitative estimate of drug-likeness (QED) is 0.790. The number of anilines is 3. The maximum absolute atomic E-state index is 5.90. The van der Waals surface area contributed by atoms with Gasteiger partial charge in [-0.05, 0) is 18.2 Å². The van der Waals surface area contributed by atoms with Crippen LogP contribution in [-0.4, -0.2) is 7.11 Å². The van der Waals surface area contributed by atoms with E-state index in [0.717, 1.165) is 22.6 Å². The first-order valence-corrected chi connectivity index (χ1v) is 5.49. The van der Waals surface area contributed by atoms with E-state index in [4.69, 9.17) is 10.5 Å². The second-order valence-electron chi connectivity index (χ2n) is 3.80. The third kappa shape index (κ3) is 2.77. The predicted octanol–water partition coefficient (Wildman–Crippen LogP) is 3.16. The normalized spacial score (nSPS) is 10.2. The summed E-state index contributed by atoms with van der Waals surface area (Å²) in [5.74, 6) is 0. The fourth-order valence-electron chi connectivity index (χ4n) is 1.68. The second-order valence-corrected chi connectivity index (χ2v) is 3.80. The topological polar surface area (TPSA) is 47.3 Å². The SMILES string of the molecule is COCc1ccccc1Nc1ccccc1N. The van der Waals surface area contributed by atoms with Crippen molar-refractivity contribution in [3.8, 4) is 0 Å². The van der Waals surface area contributed by atoms with Crippen molar-refractivity contribution in [3.05, 3.63) is 54.1 Å². The van der Waals surface area contributed by atoms with E-state index in [1.54, 1.807) is 7.11 Å². The van der Waals surface area contributed by atoms with Crippen LogP contribution in [0.5, 0.6) is 0 Å². The Balaban J connectivity index is 2.27. The molecular formula is C14H16N2O. The molecule has 0 unspecified atom stereocenters. The lowest BCUT2D eigenvalue weighted by molar-refractivity contribution is 0.185. The first kappa shape index (κ1) is 11.5. The Hall–Kier alpha value is -2.00. The van der Waals surface area contributed by atoms with E-state index in [9.17, 15) is 0 Å². The van der Waals surface area contributed by atoms with Gasteiger partial charge in [0.1, 0.15) is 0 Å². The highest BCUT2D eigenvalue weighted by molar-refractivity contribution is 5.73. The van der Waals surface area contributed by atoms with Gasteiger partial charge >= 0.3 is 0 Å². The standard InChI is InChI=1S/C14H16N2O/c1-17-10-11-6-2-4-8-13(11)16-14-9-5-3-7-12(14)15/h2-9,16H,10,15H2,1H3. The number of nitrogens with one attached hydrogen (secondary N) is 1. The maximum Gasteiger partial charge on any atom is 0.0733 e. The third-order valence-corrected chi connectivity index (χ3v) is 2.55. The Morgan fingerprint density at radius 1 is 1.00 bits per heavy atom. The zero-order valence-corrected chi connectivity index (χ0v) is 9.81. The number of methoxy groups -OCH3 is 1. The summed E-state index contributed by atoms with van der Waals surface area (Å²) < 4.78 is 5.17. The lowest BCUT2D eigenvalue weighted by Crippen LogP contribution is -1.99. The molecule has 2 aromatic carbocycles. The summed E-state index contributed by atoms with van der Waals surface area (Å²) >= 11 is 0. The minimum Gasteiger partial charge on any atom is -0.397 e. The summed E-state index contributed by atoms with van der Waals surface area (Å²) in [6.45, 7) is 0.579. The van der Waals surface area contributed by atoms with Gasteiger partial charge in [0, 0.05) is 18.4 Å². The Labute approximate surface area is 101 Å². The van der Waals surface area contributed by atoms with Crippen LogP contribution in [0.4, 0.5) is 17.1 Å². The molecule has 0 aliphatic carbocycles. The first-order chi connectivity index (χ1) is 8.31. The maximum atomic E-state index is 5.90. The number of rotatable bonds is 4. The van der Waals surface area contributed by atoms with Crippen LogP contribution in [-0.2, 0) is 11.3 Å². The molecule has 2 rings (SSSR count). The number of hydrogen-bond acceptors (Lipinski definition) is 3. The second kappa shape index (κ2) is 5.37. The van der Waals surface area contributed by atoms with Crippen molar-refractivity contribution in [1.82, 2.24) is 0 Å². The van der Waals surface area contributed by atoms with E-state index < -0.39 is 0 Å². The molecule has 0 bridgehead atoms. The van der Waals surface area contributed by atoms with Crippen molar-refractivity contribution in [1.29, 1.82) is 0 Å². The molecular weight excluding hydrogens is 212 g/mol. The third-order valence-electron chi connectivity index (χ3n) is 2.55. The number of hydrogen-bond donors (Lipinski definition) is 2. The van der Waals surface area contributed by atoms with Gasteiger partial charge in [0.05, 0.1) is 18.0 Å². The highest BCUT2D eigenvalue weighted by atomic mass is 16.5. The van der Waals surface area contributed by atoms with Gasteiger partial charge in [0.25, 0.3) is 0 Å². The zero-order chi connectivity index (χ0) is 12.1. The average molecular weight is 228 g/mol. The molecule has 0 saturated heterocycles. The Kier molecular flexibility index (Phi) is 3.62. The van der Waals surface area contributed by atoms with E-state index in [-0.39, 0.29) is 0 Å². The average Bonchev–Trinajstić information content (AvgIpc) is 2.35. The van der Waals surface area contributed by atoms with Gasteiger partial charge in [-0.25, -0.2) is 0 Å². The van der Waals surface area contributed by atoms with Crippen molar-refractivity contribution >= 4 is 17.1 Å². The van der Waals surface area contributed by atoms with E-state index >= 15 is 0 Å². The number of nitrogen functional groups attached to an aromatic ring is 1. The highest BCUT2D eigenvalue weighted by Gasteiger charge is 2.03. The van der Waals surface area contributed by atoms with Crippen molar-refractivity contribution in [2.24, 2.45) is 0 Å². The molecule has 0 radical (unpaired) electrons. The largest absolute Gasteiger partial charge is 0.397 e. The van der Waals surface area contributed by atoms with Crippen molar-refractivity contribution in [2.45, 2.75) is 6.61 Å². The van der Waals surface area contributed by atoms with Gasteiger partial charge < -0.3 is 15.8 Å². The summed E-state index contributed by atoms with van der Waals surface area (Å²) in [5.41, 5.74) is 9.68. The van der Waals surface area contributed by atoms with Gasteiger partial charge in [-0.15, -0.1) is 0 Å². The molecule has 2 aromatic rings. The summed E-state index contributed by atoms with van der Waals surface area (Å²) in [6.07, 6.45) is 0. The van der Waals surface area contributed by atoms with Crippen LogP contribution >= 0.6 is 0 Å². The molecule has 3 N–H and O–H groups in total. The van der Waals surface area contributed by atoms with Crippen LogP contribution in [0, 0.1) is 0 Å². The molecule has 3 nitrogen and oxygen atoms in total. The molecule has 17 heavy (non-hydrogen) atoms. The van der Waals surface area contributed by atoms with Crippen molar-refractivity contribution in [3.63, 3.8) is 0 Å². The smallest absolute Gasteiger partial charge is 0.0733 e. The zero-order valence-electron chi connectivity index (χ0n) is 9.81. The van der Waals surface area contributed by atoms with Crippen LogP contribution in [0.25, 0.3) is 0 Å². The van der Waals surface area contributed by atoms with E-state index in [1.165, 1.54) is 0 Å². The Morgan fingerprint density at radius 2 is 1.65 bits per heavy atom. The fourth-order valence-corrected chi connectivity index (χ4v) is 1.68. The van der Waals surface area contributed by atoms with Crippen LogP contribution in [0.15, 0.2) is 48.5 Å². The molecule has 0 spiro atoms. The molecule has 0 aliphatic rings. The predicted molar refractivity (Wildman–Crippen MR) is 71.3 cm³/mol. The van der Waals surface area contributed by atoms with Crippen LogP contribution in [0.3, 0.4) is 0 Å². The van der Waals surface area contributed by atoms with Gasteiger partial charge in [-0.2, -0.15) is 0 Å². The van der Waals surface area contributed by atoms with E-state index in [2.05, 4.69) is 5.32 Å². The van der Waals surface area contributed by atoms with Gasteiger partial charge in [0.2, 0.25) is 0 Å². The Bertz CT molecular complexity index is 497. The highest BCUT2D eigenvalue weighted by Crippen LogP contribution is 2.25. The van der Waals surface area contributed by atoms with Crippen molar-refractivity contribution < 1.29 is 4.74 Å². The molecule has 88 valence electrons. The lowest BCUT2D eigenvalue weighted by atomic mass is 10.1. The summed E-state index contributed by atoms with van der Waals surface area (Å²) in [5, 5.41) is 3.32. The van der Waals surface area contributed by atoms with Crippen LogP contribution in [0.2, 0.25) is 0 Å². The molecule has 0 fully saturated rings. The van der Waals surface area contributed by atoms with Crippen LogP contribution < -0.4 is 11.1 Å². The molecule has 0 atom stereocenters. The number of nitrogens with two attached hydrogens (primary N) is 1. The molecule has 0 aromatic heterocycles. The fraction of sp³-hybridized carbons (Fsp3) is 0.143. The Morgan fingerprint density at radius 3 is 2.35 bits per heavy atom. The molecule has 0 amide bonds. The molecule has 0 saturated carbocycles. The minimum absolute atomic E-state index is 0.579. The van der Waals surface area contributed by atoms with E-state index in [0.29, 0.717) is 6.61 Å². The lowest BCUT2D eigenvalue weighted by Gasteiger charge is -2.12. The van der Waals surface area contributed by atoms with Gasteiger partial charge in [0.15, 0.2) is 0 Å². The monoisotopic (exact) mass is 228 g/mol. The van der Waals surface area contributed by atoms with Crippen LogP contribution in [0.1, 0.15) is 5.56 Å². The first-order valence-electron chi connectivity index (χ1n) is 5.49. The number of para-hydroxylation sites is 3.